The van der Waals surface area contributed by atoms with Gasteiger partial charge in [-0.15, -0.1) is 0 Å². The Labute approximate surface area is 165 Å². The van der Waals surface area contributed by atoms with Crippen molar-refractivity contribution in [3.63, 3.8) is 0 Å². The van der Waals surface area contributed by atoms with E-state index in [0.29, 0.717) is 5.69 Å². The molecular formula is C20H18N2O7. The molecule has 0 spiro atoms. The van der Waals surface area contributed by atoms with Crippen LogP contribution in [0.3, 0.4) is 0 Å². The number of rotatable bonds is 1. The summed E-state index contributed by atoms with van der Waals surface area (Å²) in [6, 6.07) is 9.27. The highest BCUT2D eigenvalue weighted by Gasteiger charge is 2.32. The largest absolute Gasteiger partial charge is 0.398 e. The second-order valence-electron chi connectivity index (χ2n) is 5.53. The maximum Gasteiger partial charge on any atom is 0.349 e. The van der Waals surface area contributed by atoms with Gasteiger partial charge in [0, 0.05) is 12.6 Å². The molecule has 0 aromatic heterocycles. The Kier molecular flexibility index (Phi) is 6.45. The minimum atomic E-state index is -0.723. The molecule has 9 nitrogen and oxygen atoms in total. The molecule has 0 radical (unpaired) electrons. The molecular weight excluding hydrogens is 380 g/mol. The van der Waals surface area contributed by atoms with Crippen molar-refractivity contribution in [2.24, 2.45) is 0 Å². The monoisotopic (exact) mass is 398 g/mol. The molecule has 2 aromatic carbocycles. The van der Waals surface area contributed by atoms with Crippen LogP contribution in [0.1, 0.15) is 62.2 Å². The first-order chi connectivity index (χ1) is 13.8. The molecule has 0 saturated heterocycles. The number of carbonyl (C=O) groups excluding carboxylic acids is 5. The van der Waals surface area contributed by atoms with E-state index < -0.39 is 23.9 Å². The molecule has 0 fully saturated rings. The van der Waals surface area contributed by atoms with Crippen LogP contribution in [0.25, 0.3) is 0 Å². The Balaban J connectivity index is 0.000000194. The number of hydrogen-bond acceptors (Lipinski definition) is 8. The van der Waals surface area contributed by atoms with Crippen LogP contribution in [0.4, 0.5) is 11.4 Å². The Morgan fingerprint density at radius 2 is 1.28 bits per heavy atom. The summed E-state index contributed by atoms with van der Waals surface area (Å²) < 4.78 is 8.78. The van der Waals surface area contributed by atoms with Crippen LogP contribution in [0.2, 0.25) is 0 Å². The number of cyclic esters (lactones) is 4. The zero-order chi connectivity index (χ0) is 21.7. The second-order valence-corrected chi connectivity index (χ2v) is 5.53. The van der Waals surface area contributed by atoms with Crippen LogP contribution >= 0.6 is 0 Å². The quantitative estimate of drug-likeness (QED) is 0.424. The zero-order valence-corrected chi connectivity index (χ0v) is 15.9. The van der Waals surface area contributed by atoms with Crippen molar-refractivity contribution < 1.29 is 33.4 Å². The number of nitrogen functional groups attached to an aromatic ring is 1. The third-order valence-electron chi connectivity index (χ3n) is 3.69. The van der Waals surface area contributed by atoms with Gasteiger partial charge in [-0.05, 0) is 24.3 Å². The van der Waals surface area contributed by atoms with E-state index in [2.05, 4.69) is 14.8 Å². The highest BCUT2D eigenvalue weighted by molar-refractivity contribution is 6.18. The van der Waals surface area contributed by atoms with Gasteiger partial charge in [0.25, 0.3) is 0 Å². The summed E-state index contributed by atoms with van der Waals surface area (Å²) in [5, 5.41) is 2.46. The van der Waals surface area contributed by atoms with Crippen molar-refractivity contribution in [3.8, 4) is 0 Å². The highest BCUT2D eigenvalue weighted by Crippen LogP contribution is 2.27. The van der Waals surface area contributed by atoms with Gasteiger partial charge in [-0.25, -0.2) is 19.2 Å². The van der Waals surface area contributed by atoms with Crippen LogP contribution in [0.5, 0.6) is 0 Å². The molecule has 0 saturated carbocycles. The number of esters is 4. The maximum absolute atomic E-state index is 11.3. The van der Waals surface area contributed by atoms with Crippen LogP contribution in [0, 0.1) is 0 Å². The molecule has 2 aliphatic rings. The molecule has 0 aliphatic carbocycles. The zero-order valence-electron chi connectivity index (χ0n) is 15.9. The first-order valence-electron chi connectivity index (χ1n) is 8.61. The van der Waals surface area contributed by atoms with Gasteiger partial charge in [-0.3, -0.25) is 4.79 Å². The number of amides is 1. The average molecular weight is 398 g/mol. The molecule has 0 atom stereocenters. The molecule has 2 aromatic rings. The predicted octanol–water partition coefficient (Wildman–Crippen LogP) is 2.56. The SMILES string of the molecule is CC.CC(=O)Nc1cccc2c1C(=O)OC2=O.Nc1cccc2c1C(=O)OC2=O. The summed E-state index contributed by atoms with van der Waals surface area (Å²) >= 11 is 0. The lowest BCUT2D eigenvalue weighted by molar-refractivity contribution is -0.114. The van der Waals surface area contributed by atoms with Gasteiger partial charge in [0.2, 0.25) is 5.91 Å². The number of nitrogens with one attached hydrogen (secondary N) is 1. The number of nitrogens with two attached hydrogens (primary N) is 1. The van der Waals surface area contributed by atoms with E-state index in [1.54, 1.807) is 24.3 Å². The lowest BCUT2D eigenvalue weighted by atomic mass is 10.1. The maximum atomic E-state index is 11.3. The summed E-state index contributed by atoms with van der Waals surface area (Å²) in [6.07, 6.45) is 0. The standard InChI is InChI=1S/C10H7NO4.C8H5NO3.C2H6/c1-5(12)11-7-4-2-3-6-8(7)10(14)15-9(6)13;9-5-3-1-2-4-6(5)8(11)12-7(4)10;1-2/h2-4H,1H3,(H,11,12);1-3H,9H2;1-2H3. The van der Waals surface area contributed by atoms with Crippen molar-refractivity contribution in [1.82, 2.24) is 0 Å². The molecule has 2 heterocycles. The Morgan fingerprint density at radius 3 is 1.79 bits per heavy atom. The van der Waals surface area contributed by atoms with Gasteiger partial charge in [-0.2, -0.15) is 0 Å². The fourth-order valence-electron chi connectivity index (χ4n) is 2.58. The van der Waals surface area contributed by atoms with E-state index in [9.17, 15) is 24.0 Å². The Hall–Kier alpha value is -4.01. The third-order valence-corrected chi connectivity index (χ3v) is 3.69. The van der Waals surface area contributed by atoms with E-state index >= 15 is 0 Å². The molecule has 0 unspecified atom stereocenters. The lowest BCUT2D eigenvalue weighted by Gasteiger charge is -2.03. The first kappa shape index (κ1) is 21.3. The number of fused-ring (bicyclic) bond motifs is 2. The molecule has 29 heavy (non-hydrogen) atoms. The molecule has 0 bridgehead atoms. The molecule has 4 rings (SSSR count). The number of hydrogen-bond donors (Lipinski definition) is 2. The fourth-order valence-corrected chi connectivity index (χ4v) is 2.58. The van der Waals surface area contributed by atoms with Gasteiger partial charge < -0.3 is 20.5 Å². The summed E-state index contributed by atoms with van der Waals surface area (Å²) in [7, 11) is 0. The second kappa shape index (κ2) is 8.79. The van der Waals surface area contributed by atoms with Crippen LogP contribution in [-0.4, -0.2) is 29.8 Å². The molecule has 9 heteroatoms. The molecule has 2 aliphatic heterocycles. The summed E-state index contributed by atoms with van der Waals surface area (Å²) in [5.74, 6) is -2.99. The third kappa shape index (κ3) is 4.29. The van der Waals surface area contributed by atoms with Gasteiger partial charge in [-0.1, -0.05) is 26.0 Å². The summed E-state index contributed by atoms with van der Waals surface area (Å²) in [4.78, 5) is 55.2. The van der Waals surface area contributed by atoms with Crippen molar-refractivity contribution in [2.75, 3.05) is 11.1 Å². The van der Waals surface area contributed by atoms with E-state index in [1.807, 2.05) is 13.8 Å². The Bertz CT molecular complexity index is 1030. The fraction of sp³-hybridized carbons (Fsp3) is 0.150. The minimum Gasteiger partial charge on any atom is -0.398 e. The number of ether oxygens (including phenoxy) is 2. The molecule has 1 amide bonds. The average Bonchev–Trinajstić information content (AvgIpc) is 3.14. The van der Waals surface area contributed by atoms with Crippen LogP contribution in [0.15, 0.2) is 36.4 Å². The molecule has 150 valence electrons. The highest BCUT2D eigenvalue weighted by atomic mass is 16.6. The van der Waals surface area contributed by atoms with Crippen molar-refractivity contribution in [2.45, 2.75) is 20.8 Å². The number of benzene rings is 2. The molecule has 3 N–H and O–H groups in total. The lowest BCUT2D eigenvalue weighted by Crippen LogP contribution is -2.09. The van der Waals surface area contributed by atoms with E-state index in [1.165, 1.54) is 19.1 Å². The Morgan fingerprint density at radius 1 is 0.793 bits per heavy atom. The first-order valence-corrected chi connectivity index (χ1v) is 8.61. The topological polar surface area (TPSA) is 142 Å². The van der Waals surface area contributed by atoms with Crippen molar-refractivity contribution in [3.05, 3.63) is 58.7 Å². The van der Waals surface area contributed by atoms with E-state index in [-0.39, 0.29) is 33.8 Å². The van der Waals surface area contributed by atoms with Crippen LogP contribution < -0.4 is 11.1 Å². The van der Waals surface area contributed by atoms with Gasteiger partial charge in [0.05, 0.1) is 27.9 Å². The van der Waals surface area contributed by atoms with Gasteiger partial charge >= 0.3 is 23.9 Å². The summed E-state index contributed by atoms with van der Waals surface area (Å²) in [5.41, 5.74) is 6.80. The summed E-state index contributed by atoms with van der Waals surface area (Å²) in [6.45, 7) is 5.32. The smallest absolute Gasteiger partial charge is 0.349 e. The van der Waals surface area contributed by atoms with Crippen LogP contribution in [-0.2, 0) is 14.3 Å². The van der Waals surface area contributed by atoms with Gasteiger partial charge in [0.15, 0.2) is 0 Å². The van der Waals surface area contributed by atoms with Crippen molar-refractivity contribution >= 4 is 41.2 Å². The minimum absolute atomic E-state index is 0.123. The van der Waals surface area contributed by atoms with E-state index in [0.717, 1.165) is 0 Å². The normalized spacial score (nSPS) is 13.1. The number of carbonyl (C=O) groups is 5. The van der Waals surface area contributed by atoms with Gasteiger partial charge in [0.1, 0.15) is 0 Å². The number of anilines is 2. The predicted molar refractivity (Wildman–Crippen MR) is 102 cm³/mol. The van der Waals surface area contributed by atoms with Crippen molar-refractivity contribution in [1.29, 1.82) is 0 Å². The van der Waals surface area contributed by atoms with E-state index in [4.69, 9.17) is 5.73 Å².